The first-order valence-corrected chi connectivity index (χ1v) is 6.02. The molecule has 0 amide bonds. The lowest BCUT2D eigenvalue weighted by molar-refractivity contribution is 0.580. The number of nitrogens with zero attached hydrogens (tertiary/aromatic N) is 1. The number of pyridine rings is 1. The Morgan fingerprint density at radius 2 is 1.79 bits per heavy atom. The quantitative estimate of drug-likeness (QED) is 0.847. The van der Waals surface area contributed by atoms with E-state index in [1.165, 1.54) is 18.2 Å². The molecule has 0 saturated carbocycles. The third-order valence-electron chi connectivity index (χ3n) is 2.46. The van der Waals surface area contributed by atoms with Crippen molar-refractivity contribution in [2.24, 2.45) is 0 Å². The van der Waals surface area contributed by atoms with Gasteiger partial charge in [0.1, 0.15) is 22.6 Å². The number of benzene rings is 1. The number of rotatable bonds is 4. The van der Waals surface area contributed by atoms with Crippen molar-refractivity contribution in [3.63, 3.8) is 0 Å². The van der Waals surface area contributed by atoms with Crippen LogP contribution in [0, 0.1) is 11.6 Å². The van der Waals surface area contributed by atoms with Crippen LogP contribution in [0.15, 0.2) is 30.3 Å². The normalized spacial score (nSPS) is 10.5. The average Bonchev–Trinajstić information content (AvgIpc) is 2.26. The van der Waals surface area contributed by atoms with Crippen molar-refractivity contribution in [1.29, 1.82) is 0 Å². The largest absolute Gasteiger partial charge is 0.399 e. The second-order valence-corrected chi connectivity index (χ2v) is 4.45. The lowest BCUT2D eigenvalue weighted by Crippen LogP contribution is -2.07. The number of hydrogen-bond acceptors (Lipinski definition) is 3. The molecule has 100 valence electrons. The highest BCUT2D eigenvalue weighted by Gasteiger charge is 2.02. The molecule has 2 aromatic rings. The molecule has 1 aromatic carbocycles. The number of aromatic nitrogens is 1. The fourth-order valence-electron chi connectivity index (χ4n) is 1.70. The van der Waals surface area contributed by atoms with E-state index in [0.717, 1.165) is 6.07 Å². The Morgan fingerprint density at radius 1 is 1.11 bits per heavy atom. The fraction of sp³-hybridized carbons (Fsp3) is 0.154. The molecule has 0 unspecified atom stereocenters. The maximum absolute atomic E-state index is 13.0. The molecule has 0 aliphatic heterocycles. The van der Waals surface area contributed by atoms with E-state index >= 15 is 0 Å². The minimum Gasteiger partial charge on any atom is -0.399 e. The molecular formula is C13H12ClF2N3. The lowest BCUT2D eigenvalue weighted by atomic mass is 10.1. The molecule has 6 heteroatoms. The Bertz CT molecular complexity index is 498. The van der Waals surface area contributed by atoms with Crippen LogP contribution in [0.5, 0.6) is 0 Å². The number of nitrogen functional groups attached to an aromatic ring is 1. The third-order valence-corrected chi connectivity index (χ3v) is 2.65. The van der Waals surface area contributed by atoms with Gasteiger partial charge in [0.2, 0.25) is 0 Å². The first-order chi connectivity index (χ1) is 9.02. The number of nitrogens with one attached hydrogen (secondary N) is 1. The summed E-state index contributed by atoms with van der Waals surface area (Å²) in [5, 5.41) is 3.28. The van der Waals surface area contributed by atoms with E-state index in [4.69, 9.17) is 17.3 Å². The number of nitrogens with two attached hydrogens (primary N) is 1. The van der Waals surface area contributed by atoms with Gasteiger partial charge < -0.3 is 11.1 Å². The fourth-order valence-corrected chi connectivity index (χ4v) is 1.91. The van der Waals surface area contributed by atoms with Crippen LogP contribution >= 0.6 is 11.6 Å². The molecule has 0 fully saturated rings. The minimum atomic E-state index is -0.583. The minimum absolute atomic E-state index is 0.291. The van der Waals surface area contributed by atoms with Crippen LogP contribution in [0.3, 0.4) is 0 Å². The van der Waals surface area contributed by atoms with E-state index in [-0.39, 0.29) is 0 Å². The Balaban J connectivity index is 1.96. The second kappa shape index (κ2) is 5.84. The summed E-state index contributed by atoms with van der Waals surface area (Å²) in [6.07, 6.45) is 0.461. The van der Waals surface area contributed by atoms with Crippen LogP contribution in [0.4, 0.5) is 20.3 Å². The summed E-state index contributed by atoms with van der Waals surface area (Å²) in [6.45, 7) is 0.468. The molecule has 3 nitrogen and oxygen atoms in total. The Hall–Kier alpha value is -1.88. The average molecular weight is 284 g/mol. The van der Waals surface area contributed by atoms with Crippen molar-refractivity contribution >= 4 is 23.1 Å². The van der Waals surface area contributed by atoms with Crippen LogP contribution in [0.25, 0.3) is 0 Å². The van der Waals surface area contributed by atoms with Gasteiger partial charge in [-0.3, -0.25) is 0 Å². The molecule has 0 aliphatic rings. The van der Waals surface area contributed by atoms with Crippen molar-refractivity contribution < 1.29 is 8.78 Å². The van der Waals surface area contributed by atoms with Gasteiger partial charge in [-0.05, 0) is 30.2 Å². The Morgan fingerprint density at radius 3 is 2.42 bits per heavy atom. The first kappa shape index (κ1) is 13.5. The van der Waals surface area contributed by atoms with E-state index in [1.807, 2.05) is 0 Å². The maximum Gasteiger partial charge on any atom is 0.133 e. The van der Waals surface area contributed by atoms with E-state index in [0.29, 0.717) is 35.2 Å². The molecule has 1 aromatic heterocycles. The molecule has 19 heavy (non-hydrogen) atoms. The summed E-state index contributed by atoms with van der Waals surface area (Å²) in [5.41, 5.74) is 6.69. The molecule has 0 atom stereocenters. The van der Waals surface area contributed by atoms with Crippen LogP contribution in [-0.2, 0) is 6.42 Å². The lowest BCUT2D eigenvalue weighted by Gasteiger charge is -2.07. The summed E-state index contributed by atoms with van der Waals surface area (Å²) >= 11 is 5.76. The number of hydrogen-bond donors (Lipinski definition) is 2. The van der Waals surface area contributed by atoms with Gasteiger partial charge in [0.15, 0.2) is 0 Å². The van der Waals surface area contributed by atoms with Gasteiger partial charge in [-0.1, -0.05) is 11.6 Å². The van der Waals surface area contributed by atoms with Crippen LogP contribution < -0.4 is 11.1 Å². The maximum atomic E-state index is 13.0. The van der Waals surface area contributed by atoms with Crippen molar-refractivity contribution in [2.75, 3.05) is 17.6 Å². The van der Waals surface area contributed by atoms with Gasteiger partial charge in [0.25, 0.3) is 0 Å². The smallest absolute Gasteiger partial charge is 0.133 e. The zero-order chi connectivity index (χ0) is 13.8. The molecule has 0 bridgehead atoms. The standard InChI is InChI=1S/C13H12ClF2N3/c14-12-6-11(17)7-13(19-12)18-2-1-8-3-9(15)5-10(16)4-8/h3-7H,1-2H2,(H3,17,18,19). The van der Waals surface area contributed by atoms with Gasteiger partial charge in [-0.25, -0.2) is 13.8 Å². The van der Waals surface area contributed by atoms with Crippen molar-refractivity contribution in [2.45, 2.75) is 6.42 Å². The van der Waals surface area contributed by atoms with Gasteiger partial charge in [-0.2, -0.15) is 0 Å². The predicted molar refractivity (Wildman–Crippen MR) is 72.2 cm³/mol. The highest BCUT2D eigenvalue weighted by Crippen LogP contribution is 2.16. The van der Waals surface area contributed by atoms with Gasteiger partial charge in [0, 0.05) is 24.4 Å². The SMILES string of the molecule is Nc1cc(Cl)nc(NCCc2cc(F)cc(F)c2)c1. The summed E-state index contributed by atoms with van der Waals surface area (Å²) < 4.78 is 26.0. The molecule has 0 aliphatic carbocycles. The first-order valence-electron chi connectivity index (χ1n) is 5.65. The highest BCUT2D eigenvalue weighted by atomic mass is 35.5. The van der Waals surface area contributed by atoms with Crippen LogP contribution in [-0.4, -0.2) is 11.5 Å². The summed E-state index contributed by atoms with van der Waals surface area (Å²) in [7, 11) is 0. The number of halogens is 3. The zero-order valence-corrected chi connectivity index (χ0v) is 10.7. The van der Waals surface area contributed by atoms with E-state index in [2.05, 4.69) is 10.3 Å². The predicted octanol–water partition coefficient (Wildman–Crippen LogP) is 3.25. The zero-order valence-electron chi connectivity index (χ0n) is 9.96. The third kappa shape index (κ3) is 4.06. The molecular weight excluding hydrogens is 272 g/mol. The summed E-state index contributed by atoms with van der Waals surface area (Å²) in [5.74, 6) is -0.637. The van der Waals surface area contributed by atoms with E-state index < -0.39 is 11.6 Å². The van der Waals surface area contributed by atoms with E-state index in [1.54, 1.807) is 6.07 Å². The summed E-state index contributed by atoms with van der Waals surface area (Å²) in [4.78, 5) is 4.03. The molecule has 0 radical (unpaired) electrons. The molecule has 0 saturated heterocycles. The topological polar surface area (TPSA) is 50.9 Å². The van der Waals surface area contributed by atoms with E-state index in [9.17, 15) is 8.78 Å². The number of anilines is 2. The second-order valence-electron chi connectivity index (χ2n) is 4.06. The van der Waals surface area contributed by atoms with Crippen molar-refractivity contribution in [3.8, 4) is 0 Å². The van der Waals surface area contributed by atoms with Crippen LogP contribution in [0.1, 0.15) is 5.56 Å². The summed E-state index contributed by atoms with van der Waals surface area (Å²) in [6, 6.07) is 6.61. The van der Waals surface area contributed by atoms with Crippen molar-refractivity contribution in [3.05, 3.63) is 52.7 Å². The molecule has 0 spiro atoms. The molecule has 2 rings (SSSR count). The van der Waals surface area contributed by atoms with Gasteiger partial charge in [0.05, 0.1) is 0 Å². The molecule has 3 N–H and O–H groups in total. The van der Waals surface area contributed by atoms with Crippen molar-refractivity contribution in [1.82, 2.24) is 4.98 Å². The van der Waals surface area contributed by atoms with Gasteiger partial charge in [-0.15, -0.1) is 0 Å². The van der Waals surface area contributed by atoms with Crippen LogP contribution in [0.2, 0.25) is 5.15 Å². The monoisotopic (exact) mass is 283 g/mol. The highest BCUT2D eigenvalue weighted by molar-refractivity contribution is 6.29. The Labute approximate surface area is 114 Å². The molecule has 1 heterocycles. The van der Waals surface area contributed by atoms with Gasteiger partial charge >= 0.3 is 0 Å². The Kier molecular flexibility index (Phi) is 4.16.